The fourth-order valence-corrected chi connectivity index (χ4v) is 3.42. The summed E-state index contributed by atoms with van der Waals surface area (Å²) in [6, 6.07) is 15.6. The zero-order valence-corrected chi connectivity index (χ0v) is 17.3. The molecule has 0 radical (unpaired) electrons. The van der Waals surface area contributed by atoms with Crippen LogP contribution in [0.4, 0.5) is 0 Å². The van der Waals surface area contributed by atoms with Crippen molar-refractivity contribution in [3.8, 4) is 11.3 Å². The molecule has 0 unspecified atom stereocenters. The van der Waals surface area contributed by atoms with Gasteiger partial charge < -0.3 is 4.90 Å². The van der Waals surface area contributed by atoms with Crippen molar-refractivity contribution in [2.45, 2.75) is 26.3 Å². The topological polar surface area (TPSA) is 33.2 Å². The van der Waals surface area contributed by atoms with Crippen molar-refractivity contribution in [3.05, 3.63) is 63.7 Å². The summed E-state index contributed by atoms with van der Waals surface area (Å²) in [7, 11) is 1.82. The third-order valence-corrected chi connectivity index (χ3v) is 5.54. The lowest BCUT2D eigenvalue weighted by molar-refractivity contribution is 0.0735. The van der Waals surface area contributed by atoms with E-state index in [0.717, 1.165) is 32.9 Å². The Morgan fingerprint density at radius 2 is 1.96 bits per heavy atom. The summed E-state index contributed by atoms with van der Waals surface area (Å²) in [5.41, 5.74) is 1.95. The molecule has 134 valence electrons. The zero-order valence-electron chi connectivity index (χ0n) is 15.0. The highest BCUT2D eigenvalue weighted by Gasteiger charge is 2.20. The summed E-state index contributed by atoms with van der Waals surface area (Å²) >= 11 is 9.94. The van der Waals surface area contributed by atoms with E-state index in [-0.39, 0.29) is 11.9 Å². The summed E-state index contributed by atoms with van der Waals surface area (Å²) in [5, 5.41) is 2.54. The first-order valence-electron chi connectivity index (χ1n) is 8.54. The van der Waals surface area contributed by atoms with Gasteiger partial charge in [0.25, 0.3) is 5.91 Å². The number of amides is 1. The molecule has 3 aromatic rings. The summed E-state index contributed by atoms with van der Waals surface area (Å²) in [5.74, 6) is -0.0857. The maximum absolute atomic E-state index is 12.9. The Balaban J connectivity index is 2.22. The van der Waals surface area contributed by atoms with Crippen LogP contribution in [0.25, 0.3) is 22.0 Å². The van der Waals surface area contributed by atoms with Crippen molar-refractivity contribution in [1.82, 2.24) is 9.88 Å². The molecule has 0 fully saturated rings. The third kappa shape index (κ3) is 3.62. The van der Waals surface area contributed by atoms with Gasteiger partial charge in [-0.1, -0.05) is 58.7 Å². The number of pyridine rings is 1. The number of carbonyl (C=O) groups is 1. The molecular weight excluding hydrogens is 412 g/mol. The molecule has 1 atom stereocenters. The van der Waals surface area contributed by atoms with E-state index < -0.39 is 0 Å². The van der Waals surface area contributed by atoms with Crippen molar-refractivity contribution < 1.29 is 4.79 Å². The minimum absolute atomic E-state index is 0.0857. The van der Waals surface area contributed by atoms with Crippen LogP contribution in [0.2, 0.25) is 5.02 Å². The second-order valence-corrected chi connectivity index (χ2v) is 7.70. The average molecular weight is 432 g/mol. The van der Waals surface area contributed by atoms with Crippen LogP contribution < -0.4 is 0 Å². The van der Waals surface area contributed by atoms with Crippen molar-refractivity contribution >= 4 is 44.2 Å². The fraction of sp³-hybridized carbons (Fsp3) is 0.238. The summed E-state index contributed by atoms with van der Waals surface area (Å²) in [6.45, 7) is 4.10. The van der Waals surface area contributed by atoms with Crippen LogP contribution in [0.1, 0.15) is 30.8 Å². The quantitative estimate of drug-likeness (QED) is 0.493. The lowest BCUT2D eigenvalue weighted by Gasteiger charge is -2.24. The highest BCUT2D eigenvalue weighted by Crippen LogP contribution is 2.34. The first kappa shape index (κ1) is 18.9. The molecule has 0 aliphatic rings. The zero-order chi connectivity index (χ0) is 18.8. The van der Waals surface area contributed by atoms with Gasteiger partial charge in [0.05, 0.1) is 10.7 Å². The Labute approximate surface area is 167 Å². The molecule has 3 nitrogen and oxygen atoms in total. The van der Waals surface area contributed by atoms with Gasteiger partial charge in [-0.15, -0.1) is 0 Å². The Morgan fingerprint density at radius 1 is 1.23 bits per heavy atom. The molecule has 1 heterocycles. The fourth-order valence-electron chi connectivity index (χ4n) is 2.85. The van der Waals surface area contributed by atoms with Crippen LogP contribution in [-0.2, 0) is 0 Å². The van der Waals surface area contributed by atoms with Gasteiger partial charge in [0.1, 0.15) is 5.69 Å². The second kappa shape index (κ2) is 7.77. The van der Waals surface area contributed by atoms with Crippen LogP contribution in [0.5, 0.6) is 0 Å². The van der Waals surface area contributed by atoms with E-state index in [2.05, 4.69) is 22.9 Å². The molecule has 0 aliphatic heterocycles. The molecular formula is C21H20BrClN2O. The Hall–Kier alpha value is -1.91. The minimum atomic E-state index is -0.0857. The minimum Gasteiger partial charge on any atom is -0.338 e. The van der Waals surface area contributed by atoms with Gasteiger partial charge in [0.2, 0.25) is 0 Å². The monoisotopic (exact) mass is 430 g/mol. The predicted molar refractivity (Wildman–Crippen MR) is 112 cm³/mol. The van der Waals surface area contributed by atoms with E-state index in [1.165, 1.54) is 0 Å². The van der Waals surface area contributed by atoms with Gasteiger partial charge in [-0.05, 0) is 43.0 Å². The molecule has 1 amide bonds. The van der Waals surface area contributed by atoms with E-state index in [1.54, 1.807) is 4.90 Å². The van der Waals surface area contributed by atoms with Gasteiger partial charge in [-0.25, -0.2) is 4.98 Å². The first-order chi connectivity index (χ1) is 12.4. The van der Waals surface area contributed by atoms with E-state index in [0.29, 0.717) is 10.7 Å². The van der Waals surface area contributed by atoms with Crippen LogP contribution in [0, 0.1) is 0 Å². The summed E-state index contributed by atoms with van der Waals surface area (Å²) in [6.07, 6.45) is 0.889. The molecule has 0 N–H and O–H groups in total. The number of fused-ring (bicyclic) bond motifs is 1. The van der Waals surface area contributed by atoms with E-state index in [1.807, 2.05) is 62.5 Å². The molecule has 1 aromatic heterocycles. The number of halogens is 2. The Morgan fingerprint density at radius 3 is 2.69 bits per heavy atom. The Kier molecular flexibility index (Phi) is 5.64. The molecule has 3 rings (SSSR count). The predicted octanol–water partition coefficient (Wildman–Crippen LogP) is 6.19. The molecule has 0 saturated carbocycles. The van der Waals surface area contributed by atoms with Crippen LogP contribution >= 0.6 is 27.5 Å². The SMILES string of the molecule is CC[C@@H](C)N(C)C(=O)c1cc2ccccc2c(-c2cc(Br)ccc2Cl)n1. The molecule has 0 aliphatic carbocycles. The maximum atomic E-state index is 12.9. The van der Waals surface area contributed by atoms with Crippen molar-refractivity contribution in [2.75, 3.05) is 7.05 Å². The van der Waals surface area contributed by atoms with Crippen molar-refractivity contribution in [3.63, 3.8) is 0 Å². The third-order valence-electron chi connectivity index (χ3n) is 4.72. The highest BCUT2D eigenvalue weighted by atomic mass is 79.9. The smallest absolute Gasteiger partial charge is 0.272 e. The van der Waals surface area contributed by atoms with Gasteiger partial charge in [-0.3, -0.25) is 4.79 Å². The van der Waals surface area contributed by atoms with Crippen LogP contribution in [-0.4, -0.2) is 28.9 Å². The molecule has 0 saturated heterocycles. The number of hydrogen-bond donors (Lipinski definition) is 0. The maximum Gasteiger partial charge on any atom is 0.272 e. The molecule has 5 heteroatoms. The normalized spacial score (nSPS) is 12.2. The van der Waals surface area contributed by atoms with E-state index in [4.69, 9.17) is 16.6 Å². The standard InChI is InChI=1S/C21H20BrClN2O/c1-4-13(2)25(3)21(26)19-11-14-7-5-6-8-16(14)20(24-19)17-12-15(22)9-10-18(17)23/h5-13H,4H2,1-3H3/t13-/m1/s1. The average Bonchev–Trinajstić information content (AvgIpc) is 2.67. The van der Waals surface area contributed by atoms with Crippen LogP contribution in [0.3, 0.4) is 0 Å². The van der Waals surface area contributed by atoms with E-state index in [9.17, 15) is 4.79 Å². The number of benzene rings is 2. The number of aromatic nitrogens is 1. The number of rotatable bonds is 4. The lowest BCUT2D eigenvalue weighted by Crippen LogP contribution is -2.35. The highest BCUT2D eigenvalue weighted by molar-refractivity contribution is 9.10. The van der Waals surface area contributed by atoms with Crippen molar-refractivity contribution in [2.24, 2.45) is 0 Å². The van der Waals surface area contributed by atoms with Gasteiger partial charge in [-0.2, -0.15) is 0 Å². The van der Waals surface area contributed by atoms with Crippen LogP contribution in [0.15, 0.2) is 53.0 Å². The van der Waals surface area contributed by atoms with Gasteiger partial charge >= 0.3 is 0 Å². The Bertz CT molecular complexity index is 973. The first-order valence-corrected chi connectivity index (χ1v) is 9.71. The van der Waals surface area contributed by atoms with Gasteiger partial charge in [0, 0.05) is 28.5 Å². The summed E-state index contributed by atoms with van der Waals surface area (Å²) in [4.78, 5) is 19.4. The van der Waals surface area contributed by atoms with E-state index >= 15 is 0 Å². The summed E-state index contributed by atoms with van der Waals surface area (Å²) < 4.78 is 0.913. The number of carbonyl (C=O) groups excluding carboxylic acids is 1. The number of nitrogens with zero attached hydrogens (tertiary/aromatic N) is 2. The largest absolute Gasteiger partial charge is 0.338 e. The lowest BCUT2D eigenvalue weighted by atomic mass is 10.0. The molecule has 2 aromatic carbocycles. The molecule has 26 heavy (non-hydrogen) atoms. The molecule has 0 spiro atoms. The van der Waals surface area contributed by atoms with Gasteiger partial charge in [0.15, 0.2) is 0 Å². The molecule has 0 bridgehead atoms. The second-order valence-electron chi connectivity index (χ2n) is 6.37. The number of hydrogen-bond acceptors (Lipinski definition) is 2. The van der Waals surface area contributed by atoms with Crippen molar-refractivity contribution in [1.29, 1.82) is 0 Å².